The quantitative estimate of drug-likeness (QED) is 0.700. The molecule has 0 atom stereocenters. The zero-order chi connectivity index (χ0) is 20.1. The van der Waals surface area contributed by atoms with Crippen molar-refractivity contribution in [3.8, 4) is 11.5 Å². The second kappa shape index (κ2) is 9.71. The van der Waals surface area contributed by atoms with Crippen LogP contribution in [-0.2, 0) is 6.54 Å². The number of aromatic nitrogens is 2. The van der Waals surface area contributed by atoms with Crippen LogP contribution >= 0.6 is 15.9 Å². The molecule has 1 aliphatic carbocycles. The number of rotatable bonds is 5. The maximum atomic E-state index is 12.2. The van der Waals surface area contributed by atoms with Gasteiger partial charge in [0.25, 0.3) is 0 Å². The van der Waals surface area contributed by atoms with Crippen molar-refractivity contribution in [3.05, 3.63) is 34.6 Å². The number of urea groups is 1. The van der Waals surface area contributed by atoms with Gasteiger partial charge in [-0.2, -0.15) is 0 Å². The molecule has 1 aromatic heterocycles. The number of likely N-dealkylation sites (tertiary alicyclic amines) is 1. The molecule has 2 heterocycles. The smallest absolute Gasteiger partial charge is 0.315 e. The number of hydrogen-bond donors (Lipinski definition) is 2. The summed E-state index contributed by atoms with van der Waals surface area (Å²) in [5.41, 5.74) is 0.916. The van der Waals surface area contributed by atoms with Gasteiger partial charge in [0.05, 0.1) is 6.54 Å². The van der Waals surface area contributed by atoms with Crippen LogP contribution in [0.3, 0.4) is 0 Å². The summed E-state index contributed by atoms with van der Waals surface area (Å²) in [6.07, 6.45) is 7.84. The van der Waals surface area contributed by atoms with Crippen molar-refractivity contribution in [1.82, 2.24) is 25.7 Å². The molecule has 156 valence electrons. The van der Waals surface area contributed by atoms with Crippen molar-refractivity contribution in [2.24, 2.45) is 0 Å². The van der Waals surface area contributed by atoms with Gasteiger partial charge >= 0.3 is 6.03 Å². The summed E-state index contributed by atoms with van der Waals surface area (Å²) in [7, 11) is 0. The number of piperidine rings is 1. The third kappa shape index (κ3) is 5.79. The number of halogens is 1. The Morgan fingerprint density at radius 3 is 2.34 bits per heavy atom. The predicted octanol–water partition coefficient (Wildman–Crippen LogP) is 4.10. The molecule has 1 saturated heterocycles. The van der Waals surface area contributed by atoms with E-state index in [1.54, 1.807) is 0 Å². The third-order valence-corrected chi connectivity index (χ3v) is 6.31. The molecular weight excluding hydrogens is 434 g/mol. The van der Waals surface area contributed by atoms with Crippen LogP contribution in [0.5, 0.6) is 0 Å². The zero-order valence-corrected chi connectivity index (χ0v) is 18.2. The van der Waals surface area contributed by atoms with E-state index in [4.69, 9.17) is 4.42 Å². The molecule has 1 aliphatic heterocycles. The minimum atomic E-state index is -0.00797. The lowest BCUT2D eigenvalue weighted by atomic mass is 9.96. The second-order valence-electron chi connectivity index (χ2n) is 8.01. The van der Waals surface area contributed by atoms with Crippen LogP contribution in [0.25, 0.3) is 11.5 Å². The van der Waals surface area contributed by atoms with Crippen LogP contribution in [0.15, 0.2) is 33.2 Å². The van der Waals surface area contributed by atoms with Crippen LogP contribution in [0, 0.1) is 0 Å². The molecule has 2 aromatic rings. The minimum Gasteiger partial charge on any atom is -0.419 e. The van der Waals surface area contributed by atoms with Crippen LogP contribution in [-0.4, -0.2) is 46.3 Å². The lowest BCUT2D eigenvalue weighted by Gasteiger charge is -2.32. The van der Waals surface area contributed by atoms with E-state index in [0.717, 1.165) is 48.8 Å². The highest BCUT2D eigenvalue weighted by Gasteiger charge is 2.23. The average Bonchev–Trinajstić information content (AvgIpc) is 3.19. The third-order valence-electron chi connectivity index (χ3n) is 5.78. The van der Waals surface area contributed by atoms with Gasteiger partial charge in [-0.1, -0.05) is 35.2 Å². The summed E-state index contributed by atoms with van der Waals surface area (Å²) in [4.78, 5) is 14.5. The zero-order valence-electron chi connectivity index (χ0n) is 16.6. The first-order chi connectivity index (χ1) is 14.2. The van der Waals surface area contributed by atoms with E-state index in [9.17, 15) is 4.79 Å². The van der Waals surface area contributed by atoms with E-state index in [2.05, 4.69) is 41.7 Å². The predicted molar refractivity (Wildman–Crippen MR) is 114 cm³/mol. The SMILES string of the molecule is O=C(NC1CCCCC1)NC1CCN(Cc2nnc(-c3ccc(Br)cc3)o2)CC1. The maximum Gasteiger partial charge on any atom is 0.315 e. The summed E-state index contributed by atoms with van der Waals surface area (Å²) >= 11 is 3.43. The number of carbonyl (C=O) groups is 1. The van der Waals surface area contributed by atoms with Gasteiger partial charge in [0.15, 0.2) is 0 Å². The Labute approximate surface area is 179 Å². The first-order valence-electron chi connectivity index (χ1n) is 10.5. The Morgan fingerprint density at radius 1 is 1.00 bits per heavy atom. The molecule has 0 radical (unpaired) electrons. The number of carbonyl (C=O) groups excluding carboxylic acids is 1. The monoisotopic (exact) mass is 461 g/mol. The average molecular weight is 462 g/mol. The van der Waals surface area contributed by atoms with E-state index >= 15 is 0 Å². The Bertz CT molecular complexity index is 796. The first-order valence-corrected chi connectivity index (χ1v) is 11.3. The van der Waals surface area contributed by atoms with Crippen LogP contribution in [0.4, 0.5) is 4.79 Å². The highest BCUT2D eigenvalue weighted by Crippen LogP contribution is 2.22. The van der Waals surface area contributed by atoms with Gasteiger partial charge in [-0.25, -0.2) is 4.79 Å². The lowest BCUT2D eigenvalue weighted by molar-refractivity contribution is 0.173. The van der Waals surface area contributed by atoms with E-state index in [-0.39, 0.29) is 12.1 Å². The Morgan fingerprint density at radius 2 is 1.66 bits per heavy atom. The molecular formula is C21H28BrN5O2. The topological polar surface area (TPSA) is 83.3 Å². The molecule has 29 heavy (non-hydrogen) atoms. The molecule has 2 N–H and O–H groups in total. The van der Waals surface area contributed by atoms with Gasteiger partial charge < -0.3 is 15.1 Å². The fraction of sp³-hybridized carbons (Fsp3) is 0.571. The van der Waals surface area contributed by atoms with E-state index in [1.165, 1.54) is 19.3 Å². The van der Waals surface area contributed by atoms with E-state index in [0.29, 0.717) is 24.4 Å². The second-order valence-corrected chi connectivity index (χ2v) is 8.93. The molecule has 2 aliphatic rings. The van der Waals surface area contributed by atoms with Crippen molar-refractivity contribution in [3.63, 3.8) is 0 Å². The summed E-state index contributed by atoms with van der Waals surface area (Å²) in [6.45, 7) is 2.46. The highest BCUT2D eigenvalue weighted by molar-refractivity contribution is 9.10. The molecule has 0 bridgehead atoms. The van der Waals surface area contributed by atoms with Gasteiger partial charge in [-0.05, 0) is 49.9 Å². The standard InChI is InChI=1S/C21H28BrN5O2/c22-16-8-6-15(7-9-16)20-26-25-19(29-20)14-27-12-10-18(11-13-27)24-21(28)23-17-4-2-1-3-5-17/h6-9,17-18H,1-5,10-14H2,(H2,23,24,28). The lowest BCUT2D eigenvalue weighted by Crippen LogP contribution is -2.50. The number of hydrogen-bond acceptors (Lipinski definition) is 5. The molecule has 0 unspecified atom stereocenters. The summed E-state index contributed by atoms with van der Waals surface area (Å²) in [5.74, 6) is 1.17. The molecule has 4 rings (SSSR count). The Kier molecular flexibility index (Phi) is 6.82. The van der Waals surface area contributed by atoms with E-state index < -0.39 is 0 Å². The van der Waals surface area contributed by atoms with E-state index in [1.807, 2.05) is 24.3 Å². The number of nitrogens with zero attached hydrogens (tertiary/aromatic N) is 3. The fourth-order valence-corrected chi connectivity index (χ4v) is 4.38. The number of nitrogens with one attached hydrogen (secondary N) is 2. The molecule has 8 heteroatoms. The molecule has 2 amide bonds. The molecule has 1 aromatic carbocycles. The summed E-state index contributed by atoms with van der Waals surface area (Å²) in [6, 6.07) is 8.40. The van der Waals surface area contributed by atoms with Crippen LogP contribution < -0.4 is 10.6 Å². The highest BCUT2D eigenvalue weighted by atomic mass is 79.9. The summed E-state index contributed by atoms with van der Waals surface area (Å²) < 4.78 is 6.85. The molecule has 2 fully saturated rings. The largest absolute Gasteiger partial charge is 0.419 e. The number of amides is 2. The van der Waals surface area contributed by atoms with Gasteiger partial charge in [0.1, 0.15) is 0 Å². The van der Waals surface area contributed by atoms with Crippen molar-refractivity contribution < 1.29 is 9.21 Å². The van der Waals surface area contributed by atoms with Crippen molar-refractivity contribution in [2.75, 3.05) is 13.1 Å². The van der Waals surface area contributed by atoms with Gasteiger partial charge in [-0.15, -0.1) is 10.2 Å². The van der Waals surface area contributed by atoms with Crippen LogP contribution in [0.2, 0.25) is 0 Å². The first kappa shape index (κ1) is 20.3. The van der Waals surface area contributed by atoms with Gasteiger partial charge in [0.2, 0.25) is 11.8 Å². The van der Waals surface area contributed by atoms with Gasteiger partial charge in [-0.3, -0.25) is 4.90 Å². The number of benzene rings is 1. The Balaban J connectivity index is 1.21. The summed E-state index contributed by atoms with van der Waals surface area (Å²) in [5, 5.41) is 14.6. The normalized spacial score (nSPS) is 19.2. The minimum absolute atomic E-state index is 0.00797. The fourth-order valence-electron chi connectivity index (χ4n) is 4.11. The maximum absolute atomic E-state index is 12.2. The van der Waals surface area contributed by atoms with Crippen LogP contribution in [0.1, 0.15) is 50.8 Å². The van der Waals surface area contributed by atoms with Crippen molar-refractivity contribution in [1.29, 1.82) is 0 Å². The van der Waals surface area contributed by atoms with Gasteiger partial charge in [0, 0.05) is 35.2 Å². The molecule has 0 spiro atoms. The van der Waals surface area contributed by atoms with Crippen molar-refractivity contribution in [2.45, 2.75) is 63.6 Å². The molecule has 7 nitrogen and oxygen atoms in total. The van der Waals surface area contributed by atoms with Crippen molar-refractivity contribution >= 4 is 22.0 Å². The molecule has 1 saturated carbocycles. The Hall–Kier alpha value is -1.93.